The van der Waals surface area contributed by atoms with Gasteiger partial charge in [0, 0.05) is 29.4 Å². The number of benzene rings is 1. The number of hydrogen-bond donors (Lipinski definition) is 0. The molecule has 2 aromatic heterocycles. The largest absolute Gasteiger partial charge is 0.469 e. The van der Waals surface area contributed by atoms with Crippen molar-refractivity contribution >= 4 is 34.0 Å². The van der Waals surface area contributed by atoms with Gasteiger partial charge in [0.2, 0.25) is 0 Å². The molecule has 0 amide bonds. The quantitative estimate of drug-likeness (QED) is 0.671. The van der Waals surface area contributed by atoms with E-state index in [0.717, 1.165) is 41.1 Å². The van der Waals surface area contributed by atoms with E-state index >= 15 is 0 Å². The molecule has 1 fully saturated rings. The van der Waals surface area contributed by atoms with Gasteiger partial charge in [0.05, 0.1) is 18.0 Å². The van der Waals surface area contributed by atoms with Crippen LogP contribution >= 0.6 is 11.3 Å². The molecule has 1 atom stereocenters. The summed E-state index contributed by atoms with van der Waals surface area (Å²) in [7, 11) is 1.45. The predicted molar refractivity (Wildman–Crippen MR) is 99.8 cm³/mol. The Balaban J connectivity index is 1.80. The average Bonchev–Trinajstić information content (AvgIpc) is 3.31. The van der Waals surface area contributed by atoms with Crippen molar-refractivity contribution in [3.63, 3.8) is 0 Å². The molecule has 3 heterocycles. The Kier molecular flexibility index (Phi) is 3.92. The van der Waals surface area contributed by atoms with E-state index < -0.39 is 5.41 Å². The molecule has 3 aromatic rings. The van der Waals surface area contributed by atoms with Crippen LogP contribution in [-0.2, 0) is 9.53 Å². The molecule has 1 unspecified atom stereocenters. The third-order valence-corrected chi connectivity index (χ3v) is 5.50. The second-order valence-electron chi connectivity index (χ2n) is 6.62. The summed E-state index contributed by atoms with van der Waals surface area (Å²) >= 11 is 1.63. The molecule has 1 aromatic carbocycles. The number of anilines is 1. The number of methoxy groups -OCH3 is 1. The van der Waals surface area contributed by atoms with Crippen molar-refractivity contribution in [2.24, 2.45) is 5.41 Å². The Morgan fingerprint density at radius 3 is 2.88 bits per heavy atom. The molecule has 0 bridgehead atoms. The van der Waals surface area contributed by atoms with Crippen LogP contribution in [0.3, 0.4) is 0 Å². The molecular formula is C19H19N3O2S. The van der Waals surface area contributed by atoms with Crippen LogP contribution in [0.1, 0.15) is 13.3 Å². The molecule has 128 valence electrons. The minimum absolute atomic E-state index is 0.161. The number of carbonyl (C=O) groups excluding carboxylic acids is 1. The summed E-state index contributed by atoms with van der Waals surface area (Å²) in [6.45, 7) is 3.33. The van der Waals surface area contributed by atoms with Gasteiger partial charge < -0.3 is 9.64 Å². The fourth-order valence-electron chi connectivity index (χ4n) is 3.38. The maximum Gasteiger partial charge on any atom is 0.313 e. The number of hydrogen-bond acceptors (Lipinski definition) is 6. The predicted octanol–water partition coefficient (Wildman–Crippen LogP) is 3.75. The topological polar surface area (TPSA) is 55.3 Å². The number of nitrogens with zero attached hydrogens (tertiary/aromatic N) is 3. The molecule has 6 heteroatoms. The highest BCUT2D eigenvalue weighted by atomic mass is 32.1. The first kappa shape index (κ1) is 16.0. The molecule has 0 N–H and O–H groups in total. The highest BCUT2D eigenvalue weighted by Gasteiger charge is 2.42. The van der Waals surface area contributed by atoms with Crippen molar-refractivity contribution in [1.82, 2.24) is 9.97 Å². The summed E-state index contributed by atoms with van der Waals surface area (Å²) in [5.41, 5.74) is 1.44. The van der Waals surface area contributed by atoms with Crippen molar-refractivity contribution in [3.8, 4) is 11.4 Å². The number of rotatable bonds is 3. The lowest BCUT2D eigenvalue weighted by Crippen LogP contribution is -2.33. The molecule has 5 nitrogen and oxygen atoms in total. The van der Waals surface area contributed by atoms with E-state index in [-0.39, 0.29) is 5.97 Å². The monoisotopic (exact) mass is 353 g/mol. The minimum atomic E-state index is -0.497. The van der Waals surface area contributed by atoms with Crippen LogP contribution in [0.15, 0.2) is 41.1 Å². The van der Waals surface area contributed by atoms with Crippen LogP contribution in [0, 0.1) is 5.41 Å². The van der Waals surface area contributed by atoms with Crippen LogP contribution in [0.4, 0.5) is 5.82 Å². The summed E-state index contributed by atoms with van der Waals surface area (Å²) in [6.07, 6.45) is 0.756. The average molecular weight is 353 g/mol. The molecule has 4 rings (SSSR count). The third kappa shape index (κ3) is 2.76. The summed E-state index contributed by atoms with van der Waals surface area (Å²) in [5.74, 6) is 1.45. The fraction of sp³-hybridized carbons (Fsp3) is 0.316. The van der Waals surface area contributed by atoms with E-state index in [0.29, 0.717) is 6.54 Å². The normalized spacial score (nSPS) is 20.2. The molecule has 0 radical (unpaired) electrons. The van der Waals surface area contributed by atoms with Crippen LogP contribution in [-0.4, -0.2) is 36.1 Å². The van der Waals surface area contributed by atoms with Crippen molar-refractivity contribution in [3.05, 3.63) is 41.1 Å². The zero-order chi connectivity index (χ0) is 17.4. The van der Waals surface area contributed by atoms with E-state index in [2.05, 4.69) is 10.3 Å². The first-order valence-electron chi connectivity index (χ1n) is 8.23. The number of aromatic nitrogens is 2. The van der Waals surface area contributed by atoms with Gasteiger partial charge in [-0.05, 0) is 36.9 Å². The molecule has 1 aliphatic heterocycles. The van der Waals surface area contributed by atoms with Gasteiger partial charge in [-0.3, -0.25) is 4.79 Å². The third-order valence-electron chi connectivity index (χ3n) is 4.81. The van der Waals surface area contributed by atoms with Crippen LogP contribution < -0.4 is 4.90 Å². The van der Waals surface area contributed by atoms with Gasteiger partial charge in [-0.2, -0.15) is 11.3 Å². The Morgan fingerprint density at radius 1 is 1.28 bits per heavy atom. The summed E-state index contributed by atoms with van der Waals surface area (Å²) in [5, 5.41) is 5.09. The highest BCUT2D eigenvalue weighted by Crippen LogP contribution is 2.37. The molecule has 1 aliphatic rings. The van der Waals surface area contributed by atoms with Crippen molar-refractivity contribution in [2.75, 3.05) is 25.1 Å². The van der Waals surface area contributed by atoms with Gasteiger partial charge in [0.25, 0.3) is 0 Å². The highest BCUT2D eigenvalue weighted by molar-refractivity contribution is 7.08. The second kappa shape index (κ2) is 6.11. The van der Waals surface area contributed by atoms with Crippen LogP contribution in [0.2, 0.25) is 0 Å². The summed E-state index contributed by atoms with van der Waals surface area (Å²) in [4.78, 5) is 23.9. The maximum absolute atomic E-state index is 12.1. The number of thiophene rings is 1. The molecular weight excluding hydrogens is 334 g/mol. The maximum atomic E-state index is 12.1. The molecule has 0 spiro atoms. The summed E-state index contributed by atoms with van der Waals surface area (Å²) in [6, 6.07) is 10.1. The standard InChI is InChI=1S/C19H19N3O2S/c1-19(18(23)24-2)8-9-22(12-19)17-14-5-3-4-6-15(14)20-16(21-17)13-7-10-25-11-13/h3-7,10-11H,8-9,12H2,1-2H3. The van der Waals surface area contributed by atoms with Gasteiger partial charge >= 0.3 is 5.97 Å². The Morgan fingerprint density at radius 2 is 2.12 bits per heavy atom. The number of fused-ring (bicyclic) bond motifs is 1. The van der Waals surface area contributed by atoms with E-state index in [1.54, 1.807) is 11.3 Å². The van der Waals surface area contributed by atoms with Crippen molar-refractivity contribution in [1.29, 1.82) is 0 Å². The second-order valence-corrected chi connectivity index (χ2v) is 7.40. The van der Waals surface area contributed by atoms with Gasteiger partial charge in [0.15, 0.2) is 5.82 Å². The zero-order valence-corrected chi connectivity index (χ0v) is 15.0. The first-order chi connectivity index (χ1) is 12.1. The SMILES string of the molecule is COC(=O)C1(C)CCN(c2nc(-c3ccsc3)nc3ccccc23)C1. The van der Waals surface area contributed by atoms with Gasteiger partial charge in [-0.1, -0.05) is 12.1 Å². The molecule has 1 saturated heterocycles. The van der Waals surface area contributed by atoms with Crippen molar-refractivity contribution < 1.29 is 9.53 Å². The Hall–Kier alpha value is -2.47. The van der Waals surface area contributed by atoms with Gasteiger partial charge in [0.1, 0.15) is 5.82 Å². The Labute approximate surface area is 150 Å². The van der Waals surface area contributed by atoms with Crippen molar-refractivity contribution in [2.45, 2.75) is 13.3 Å². The first-order valence-corrected chi connectivity index (χ1v) is 9.18. The smallest absolute Gasteiger partial charge is 0.313 e. The Bertz CT molecular complexity index is 926. The van der Waals surface area contributed by atoms with Crippen LogP contribution in [0.5, 0.6) is 0 Å². The minimum Gasteiger partial charge on any atom is -0.469 e. The lowest BCUT2D eigenvalue weighted by Gasteiger charge is -2.23. The van der Waals surface area contributed by atoms with E-state index in [1.165, 1.54) is 7.11 Å². The molecule has 0 aliphatic carbocycles. The summed E-state index contributed by atoms with van der Waals surface area (Å²) < 4.78 is 4.99. The lowest BCUT2D eigenvalue weighted by molar-refractivity contribution is -0.150. The molecule has 0 saturated carbocycles. The van der Waals surface area contributed by atoms with E-state index in [9.17, 15) is 4.79 Å². The van der Waals surface area contributed by atoms with Gasteiger partial charge in [-0.15, -0.1) is 0 Å². The zero-order valence-electron chi connectivity index (χ0n) is 14.2. The van der Waals surface area contributed by atoms with E-state index in [4.69, 9.17) is 14.7 Å². The number of para-hydroxylation sites is 1. The lowest BCUT2D eigenvalue weighted by atomic mass is 9.90. The van der Waals surface area contributed by atoms with Gasteiger partial charge in [-0.25, -0.2) is 9.97 Å². The number of ether oxygens (including phenoxy) is 1. The number of carbonyl (C=O) groups is 1. The fourth-order valence-corrected chi connectivity index (χ4v) is 4.01. The molecule has 25 heavy (non-hydrogen) atoms. The van der Waals surface area contributed by atoms with E-state index in [1.807, 2.05) is 42.6 Å². The van der Waals surface area contributed by atoms with Crippen LogP contribution in [0.25, 0.3) is 22.3 Å². The number of esters is 1.